The molecule has 1 atom stereocenters. The summed E-state index contributed by atoms with van der Waals surface area (Å²) in [5.74, 6) is -0.0835. The Bertz CT molecular complexity index is 613. The number of aromatic nitrogens is 1. The molecule has 4 heteroatoms. The third kappa shape index (κ3) is 2.30. The van der Waals surface area contributed by atoms with Gasteiger partial charge in [-0.3, -0.25) is 9.78 Å². The van der Waals surface area contributed by atoms with Gasteiger partial charge in [0.05, 0.1) is 12.6 Å². The Kier molecular flexibility index (Phi) is 3.48. The summed E-state index contributed by atoms with van der Waals surface area (Å²) in [5, 5.41) is 0. The van der Waals surface area contributed by atoms with Crippen molar-refractivity contribution in [1.29, 1.82) is 0 Å². The number of methoxy groups -OCH3 is 1. The maximum absolute atomic E-state index is 12.6. The number of carbonyl (C=O) groups excluding carboxylic acids is 1. The first-order valence-electron chi connectivity index (χ1n) is 6.63. The molecule has 1 aromatic carbocycles. The zero-order valence-electron chi connectivity index (χ0n) is 11.3. The average Bonchev–Trinajstić information content (AvgIpc) is 2.54. The molecule has 3 rings (SSSR count). The summed E-state index contributed by atoms with van der Waals surface area (Å²) < 4.78 is 5.45. The Morgan fingerprint density at radius 3 is 2.80 bits per heavy atom. The van der Waals surface area contributed by atoms with Gasteiger partial charge >= 0.3 is 0 Å². The molecule has 0 aliphatic carbocycles. The molecule has 20 heavy (non-hydrogen) atoms. The lowest BCUT2D eigenvalue weighted by Gasteiger charge is -2.33. The van der Waals surface area contributed by atoms with E-state index in [4.69, 9.17) is 4.74 Å². The standard InChI is InChI=1S/C16H16N2O2/c1-20-13-10-12-6-2-3-8-15(12)18(11-13)16(19)14-7-4-5-9-17-14/h2-9,13H,10-11H2,1H3/t13-/m0/s1. The van der Waals surface area contributed by atoms with Crippen LogP contribution in [0, 0.1) is 0 Å². The van der Waals surface area contributed by atoms with Crippen LogP contribution in [-0.2, 0) is 11.2 Å². The van der Waals surface area contributed by atoms with E-state index < -0.39 is 0 Å². The summed E-state index contributed by atoms with van der Waals surface area (Å²) >= 11 is 0. The van der Waals surface area contributed by atoms with Gasteiger partial charge in [0, 0.05) is 25.4 Å². The fraction of sp³-hybridized carbons (Fsp3) is 0.250. The Labute approximate surface area is 118 Å². The van der Waals surface area contributed by atoms with Crippen molar-refractivity contribution in [2.45, 2.75) is 12.5 Å². The average molecular weight is 268 g/mol. The van der Waals surface area contributed by atoms with Gasteiger partial charge in [-0.2, -0.15) is 0 Å². The van der Waals surface area contributed by atoms with Crippen LogP contribution in [0.15, 0.2) is 48.7 Å². The van der Waals surface area contributed by atoms with Crippen LogP contribution in [-0.4, -0.2) is 30.6 Å². The molecule has 2 heterocycles. The molecule has 0 spiro atoms. The largest absolute Gasteiger partial charge is 0.379 e. The third-order valence-electron chi connectivity index (χ3n) is 3.58. The third-order valence-corrected chi connectivity index (χ3v) is 3.58. The van der Waals surface area contributed by atoms with Crippen LogP contribution in [0.2, 0.25) is 0 Å². The minimum Gasteiger partial charge on any atom is -0.379 e. The molecule has 0 saturated carbocycles. The monoisotopic (exact) mass is 268 g/mol. The summed E-state index contributed by atoms with van der Waals surface area (Å²) in [4.78, 5) is 18.5. The normalized spacial score (nSPS) is 17.6. The van der Waals surface area contributed by atoms with Gasteiger partial charge < -0.3 is 9.64 Å². The van der Waals surface area contributed by atoms with E-state index in [0.717, 1.165) is 17.7 Å². The number of para-hydroxylation sites is 1. The molecule has 0 N–H and O–H groups in total. The molecule has 0 bridgehead atoms. The lowest BCUT2D eigenvalue weighted by atomic mass is 9.99. The number of rotatable bonds is 2. The molecule has 2 aromatic rings. The van der Waals surface area contributed by atoms with E-state index in [1.165, 1.54) is 0 Å². The molecule has 0 saturated heterocycles. The van der Waals surface area contributed by atoms with Crippen molar-refractivity contribution in [1.82, 2.24) is 4.98 Å². The van der Waals surface area contributed by atoms with Crippen molar-refractivity contribution in [2.24, 2.45) is 0 Å². The number of pyridine rings is 1. The molecule has 4 nitrogen and oxygen atoms in total. The van der Waals surface area contributed by atoms with Crippen LogP contribution in [0.1, 0.15) is 16.1 Å². The number of ether oxygens (including phenoxy) is 1. The van der Waals surface area contributed by atoms with Crippen LogP contribution < -0.4 is 4.90 Å². The van der Waals surface area contributed by atoms with Crippen molar-refractivity contribution in [3.05, 3.63) is 59.9 Å². The van der Waals surface area contributed by atoms with Gasteiger partial charge in [-0.1, -0.05) is 24.3 Å². The second kappa shape index (κ2) is 5.43. The van der Waals surface area contributed by atoms with Gasteiger partial charge in [0.1, 0.15) is 5.69 Å². The lowest BCUT2D eigenvalue weighted by molar-refractivity contribution is 0.0867. The molecule has 0 fully saturated rings. The van der Waals surface area contributed by atoms with E-state index in [1.807, 2.05) is 30.3 Å². The minimum atomic E-state index is -0.0835. The molecule has 0 radical (unpaired) electrons. The maximum Gasteiger partial charge on any atom is 0.276 e. The van der Waals surface area contributed by atoms with Crippen molar-refractivity contribution >= 4 is 11.6 Å². The summed E-state index contributed by atoms with van der Waals surface area (Å²) in [7, 11) is 1.68. The second-order valence-electron chi connectivity index (χ2n) is 4.82. The summed E-state index contributed by atoms with van der Waals surface area (Å²) in [6.45, 7) is 0.558. The highest BCUT2D eigenvalue weighted by Crippen LogP contribution is 2.28. The van der Waals surface area contributed by atoms with Crippen LogP contribution >= 0.6 is 0 Å². The van der Waals surface area contributed by atoms with Crippen LogP contribution in [0.3, 0.4) is 0 Å². The number of carbonyl (C=O) groups is 1. The molecule has 1 aromatic heterocycles. The van der Waals surface area contributed by atoms with Crippen molar-refractivity contribution < 1.29 is 9.53 Å². The van der Waals surface area contributed by atoms with E-state index in [2.05, 4.69) is 4.98 Å². The molecular weight excluding hydrogens is 252 g/mol. The maximum atomic E-state index is 12.6. The zero-order valence-corrected chi connectivity index (χ0v) is 11.3. The first-order chi connectivity index (χ1) is 9.79. The zero-order chi connectivity index (χ0) is 13.9. The SMILES string of the molecule is CO[C@H]1Cc2ccccc2N(C(=O)c2ccccn2)C1. The number of nitrogens with zero attached hydrogens (tertiary/aromatic N) is 2. The number of fused-ring (bicyclic) bond motifs is 1. The number of hydrogen-bond acceptors (Lipinski definition) is 3. The predicted octanol–water partition coefficient (Wildman–Crippen LogP) is 2.30. The summed E-state index contributed by atoms with van der Waals surface area (Å²) in [5.41, 5.74) is 2.55. The predicted molar refractivity (Wildman–Crippen MR) is 76.9 cm³/mol. The highest BCUT2D eigenvalue weighted by molar-refractivity contribution is 6.05. The van der Waals surface area contributed by atoms with Gasteiger partial charge in [-0.05, 0) is 23.8 Å². The summed E-state index contributed by atoms with van der Waals surface area (Å²) in [6.07, 6.45) is 2.49. The molecular formula is C16H16N2O2. The van der Waals surface area contributed by atoms with Gasteiger partial charge in [0.25, 0.3) is 5.91 Å². The number of anilines is 1. The number of benzene rings is 1. The molecule has 1 amide bonds. The summed E-state index contributed by atoms with van der Waals surface area (Å²) in [6, 6.07) is 13.3. The van der Waals surface area contributed by atoms with Crippen LogP contribution in [0.5, 0.6) is 0 Å². The van der Waals surface area contributed by atoms with E-state index in [0.29, 0.717) is 12.2 Å². The Balaban J connectivity index is 1.98. The van der Waals surface area contributed by atoms with Crippen molar-refractivity contribution in [3.8, 4) is 0 Å². The Hall–Kier alpha value is -2.20. The van der Waals surface area contributed by atoms with Crippen molar-refractivity contribution in [2.75, 3.05) is 18.6 Å². The molecule has 102 valence electrons. The molecule has 0 unspecified atom stereocenters. The highest BCUT2D eigenvalue weighted by Gasteiger charge is 2.29. The molecule has 1 aliphatic heterocycles. The van der Waals surface area contributed by atoms with Gasteiger partial charge in [-0.25, -0.2) is 0 Å². The quantitative estimate of drug-likeness (QED) is 0.839. The van der Waals surface area contributed by atoms with Gasteiger partial charge in [0.2, 0.25) is 0 Å². The number of hydrogen-bond donors (Lipinski definition) is 0. The first kappa shape index (κ1) is 12.8. The van der Waals surface area contributed by atoms with E-state index >= 15 is 0 Å². The smallest absolute Gasteiger partial charge is 0.276 e. The highest BCUT2D eigenvalue weighted by atomic mass is 16.5. The fourth-order valence-electron chi connectivity index (χ4n) is 2.54. The Morgan fingerprint density at radius 2 is 2.05 bits per heavy atom. The van der Waals surface area contributed by atoms with Crippen LogP contribution in [0.25, 0.3) is 0 Å². The first-order valence-corrected chi connectivity index (χ1v) is 6.63. The van der Waals surface area contributed by atoms with Crippen LogP contribution in [0.4, 0.5) is 5.69 Å². The topological polar surface area (TPSA) is 42.4 Å². The van der Waals surface area contributed by atoms with Gasteiger partial charge in [0.15, 0.2) is 0 Å². The number of amides is 1. The Morgan fingerprint density at radius 1 is 1.25 bits per heavy atom. The van der Waals surface area contributed by atoms with E-state index in [9.17, 15) is 4.79 Å². The second-order valence-corrected chi connectivity index (χ2v) is 4.82. The minimum absolute atomic E-state index is 0.0255. The van der Waals surface area contributed by atoms with E-state index in [1.54, 1.807) is 30.3 Å². The van der Waals surface area contributed by atoms with E-state index in [-0.39, 0.29) is 12.0 Å². The van der Waals surface area contributed by atoms with Gasteiger partial charge in [-0.15, -0.1) is 0 Å². The van der Waals surface area contributed by atoms with Crippen molar-refractivity contribution in [3.63, 3.8) is 0 Å². The molecule has 1 aliphatic rings. The fourth-order valence-corrected chi connectivity index (χ4v) is 2.54. The lowest BCUT2D eigenvalue weighted by Crippen LogP contribution is -2.43.